The van der Waals surface area contributed by atoms with Gasteiger partial charge in [-0.1, -0.05) is 0 Å². The first-order chi connectivity index (χ1) is 6.74. The maximum Gasteiger partial charge on any atom is 0.341 e. The molecule has 0 aliphatic heterocycles. The second kappa shape index (κ2) is 3.10. The Kier molecular flexibility index (Phi) is 1.92. The summed E-state index contributed by atoms with van der Waals surface area (Å²) in [5.41, 5.74) is 1.69. The SMILES string of the molecule is COC(=O)c1cn(C)c2nccnc12. The van der Waals surface area contributed by atoms with Crippen LogP contribution in [0.4, 0.5) is 0 Å². The maximum absolute atomic E-state index is 11.3. The first-order valence-electron chi connectivity index (χ1n) is 4.08. The van der Waals surface area contributed by atoms with Crippen molar-refractivity contribution in [1.82, 2.24) is 14.5 Å². The largest absolute Gasteiger partial charge is 0.465 e. The monoisotopic (exact) mass is 191 g/mol. The van der Waals surface area contributed by atoms with Crippen molar-refractivity contribution in [2.45, 2.75) is 0 Å². The summed E-state index contributed by atoms with van der Waals surface area (Å²) < 4.78 is 6.38. The second-order valence-electron chi connectivity index (χ2n) is 2.87. The molecule has 2 heterocycles. The zero-order chi connectivity index (χ0) is 10.1. The molecule has 2 rings (SSSR count). The Bertz CT molecular complexity index is 490. The van der Waals surface area contributed by atoms with Gasteiger partial charge < -0.3 is 9.30 Å². The summed E-state index contributed by atoms with van der Waals surface area (Å²) in [7, 11) is 3.15. The minimum absolute atomic E-state index is 0.392. The Morgan fingerprint density at radius 2 is 2.14 bits per heavy atom. The van der Waals surface area contributed by atoms with Crippen LogP contribution in [0.5, 0.6) is 0 Å². The molecule has 2 aromatic heterocycles. The molecule has 0 saturated heterocycles. The fraction of sp³-hybridized carbons (Fsp3) is 0.222. The lowest BCUT2D eigenvalue weighted by molar-refractivity contribution is 0.0602. The summed E-state index contributed by atoms with van der Waals surface area (Å²) >= 11 is 0. The third kappa shape index (κ3) is 1.14. The van der Waals surface area contributed by atoms with Gasteiger partial charge in [0.1, 0.15) is 11.1 Å². The van der Waals surface area contributed by atoms with E-state index in [2.05, 4.69) is 14.7 Å². The van der Waals surface area contributed by atoms with Crippen molar-refractivity contribution in [3.8, 4) is 0 Å². The number of carbonyl (C=O) groups is 1. The third-order valence-electron chi connectivity index (χ3n) is 2.00. The van der Waals surface area contributed by atoms with Crippen LogP contribution < -0.4 is 0 Å². The van der Waals surface area contributed by atoms with Gasteiger partial charge in [0.05, 0.1) is 7.11 Å². The lowest BCUT2D eigenvalue weighted by Crippen LogP contribution is -2.00. The standard InChI is InChI=1S/C9H9N3O2/c1-12-5-6(9(13)14-2)7-8(12)11-4-3-10-7/h3-5H,1-2H3. The number of esters is 1. The van der Waals surface area contributed by atoms with E-state index in [0.29, 0.717) is 16.7 Å². The predicted octanol–water partition coefficient (Wildman–Crippen LogP) is 0.755. The molecule has 0 N–H and O–H groups in total. The summed E-state index contributed by atoms with van der Waals surface area (Å²) in [5.74, 6) is -0.392. The molecule has 72 valence electrons. The van der Waals surface area contributed by atoms with E-state index in [9.17, 15) is 4.79 Å². The minimum Gasteiger partial charge on any atom is -0.465 e. The van der Waals surface area contributed by atoms with Crippen LogP contribution in [0, 0.1) is 0 Å². The highest BCUT2D eigenvalue weighted by molar-refractivity contribution is 6.01. The van der Waals surface area contributed by atoms with E-state index in [4.69, 9.17) is 0 Å². The Hall–Kier alpha value is -1.91. The minimum atomic E-state index is -0.392. The van der Waals surface area contributed by atoms with Gasteiger partial charge in [0, 0.05) is 25.6 Å². The fourth-order valence-electron chi connectivity index (χ4n) is 1.35. The molecule has 0 fully saturated rings. The Balaban J connectivity index is 2.72. The van der Waals surface area contributed by atoms with Gasteiger partial charge in [0.25, 0.3) is 0 Å². The molecule has 0 atom stereocenters. The van der Waals surface area contributed by atoms with Crippen LogP contribution in [0.15, 0.2) is 18.6 Å². The van der Waals surface area contributed by atoms with Gasteiger partial charge in [-0.3, -0.25) is 4.98 Å². The maximum atomic E-state index is 11.3. The van der Waals surface area contributed by atoms with Crippen LogP contribution in [0.2, 0.25) is 0 Å². The number of nitrogens with zero attached hydrogens (tertiary/aromatic N) is 3. The number of ether oxygens (including phenoxy) is 1. The predicted molar refractivity (Wildman–Crippen MR) is 49.8 cm³/mol. The third-order valence-corrected chi connectivity index (χ3v) is 2.00. The highest BCUT2D eigenvalue weighted by Crippen LogP contribution is 2.15. The van der Waals surface area contributed by atoms with E-state index in [-0.39, 0.29) is 0 Å². The smallest absolute Gasteiger partial charge is 0.341 e. The highest BCUT2D eigenvalue weighted by Gasteiger charge is 2.15. The van der Waals surface area contributed by atoms with E-state index < -0.39 is 5.97 Å². The molecule has 14 heavy (non-hydrogen) atoms. The lowest BCUT2D eigenvalue weighted by atomic mass is 10.3. The van der Waals surface area contributed by atoms with Gasteiger partial charge in [-0.25, -0.2) is 9.78 Å². The van der Waals surface area contributed by atoms with Crippen LogP contribution in [0.3, 0.4) is 0 Å². The Labute approximate surface area is 80.3 Å². The summed E-state index contributed by atoms with van der Waals surface area (Å²) in [6.07, 6.45) is 4.80. The highest BCUT2D eigenvalue weighted by atomic mass is 16.5. The molecule has 0 aliphatic rings. The van der Waals surface area contributed by atoms with Crippen LogP contribution in [0.1, 0.15) is 10.4 Å². The van der Waals surface area contributed by atoms with Crippen molar-refractivity contribution in [2.24, 2.45) is 7.05 Å². The number of methoxy groups -OCH3 is 1. The number of rotatable bonds is 1. The van der Waals surface area contributed by atoms with Crippen LogP contribution >= 0.6 is 0 Å². The molecule has 0 unspecified atom stereocenters. The second-order valence-corrected chi connectivity index (χ2v) is 2.87. The van der Waals surface area contributed by atoms with Crippen LogP contribution in [0.25, 0.3) is 11.2 Å². The Morgan fingerprint density at radius 3 is 2.86 bits per heavy atom. The fourth-order valence-corrected chi connectivity index (χ4v) is 1.35. The molecule has 0 bridgehead atoms. The summed E-state index contributed by atoms with van der Waals surface area (Å²) in [4.78, 5) is 19.5. The van der Waals surface area contributed by atoms with E-state index in [1.807, 2.05) is 7.05 Å². The molecule has 0 spiro atoms. The number of hydrogen-bond donors (Lipinski definition) is 0. The zero-order valence-electron chi connectivity index (χ0n) is 7.89. The normalized spacial score (nSPS) is 10.4. The van der Waals surface area contributed by atoms with Crippen LogP contribution in [-0.2, 0) is 11.8 Å². The van der Waals surface area contributed by atoms with Gasteiger partial charge >= 0.3 is 5.97 Å². The van der Waals surface area contributed by atoms with Crippen molar-refractivity contribution in [1.29, 1.82) is 0 Å². The number of aryl methyl sites for hydroxylation is 1. The Morgan fingerprint density at radius 1 is 1.43 bits per heavy atom. The van der Waals surface area contributed by atoms with Crippen molar-refractivity contribution in [3.05, 3.63) is 24.2 Å². The van der Waals surface area contributed by atoms with Gasteiger partial charge in [-0.2, -0.15) is 0 Å². The zero-order valence-corrected chi connectivity index (χ0v) is 7.89. The summed E-state index contributed by atoms with van der Waals surface area (Å²) in [6, 6.07) is 0. The van der Waals surface area contributed by atoms with Gasteiger partial charge in [0.15, 0.2) is 5.65 Å². The van der Waals surface area contributed by atoms with E-state index in [1.165, 1.54) is 7.11 Å². The molecular weight excluding hydrogens is 182 g/mol. The summed E-state index contributed by atoms with van der Waals surface area (Å²) in [5, 5.41) is 0. The number of carbonyl (C=O) groups excluding carboxylic acids is 1. The molecule has 5 nitrogen and oxygen atoms in total. The van der Waals surface area contributed by atoms with Crippen molar-refractivity contribution in [3.63, 3.8) is 0 Å². The van der Waals surface area contributed by atoms with Crippen molar-refractivity contribution >= 4 is 17.1 Å². The first-order valence-corrected chi connectivity index (χ1v) is 4.08. The summed E-state index contributed by atoms with van der Waals surface area (Å²) in [6.45, 7) is 0. The quantitative estimate of drug-likeness (QED) is 0.624. The molecule has 5 heteroatoms. The molecular formula is C9H9N3O2. The molecule has 2 aromatic rings. The van der Waals surface area contributed by atoms with E-state index in [1.54, 1.807) is 23.2 Å². The van der Waals surface area contributed by atoms with Crippen LogP contribution in [-0.4, -0.2) is 27.6 Å². The van der Waals surface area contributed by atoms with E-state index in [0.717, 1.165) is 0 Å². The van der Waals surface area contributed by atoms with Crippen molar-refractivity contribution < 1.29 is 9.53 Å². The molecule has 0 amide bonds. The average molecular weight is 191 g/mol. The molecule has 0 aliphatic carbocycles. The molecule has 0 radical (unpaired) electrons. The van der Waals surface area contributed by atoms with Gasteiger partial charge in [0.2, 0.25) is 0 Å². The molecule has 0 aromatic carbocycles. The first kappa shape index (κ1) is 8.68. The lowest BCUT2D eigenvalue weighted by Gasteiger charge is -1.93. The number of aromatic nitrogens is 3. The number of fused-ring (bicyclic) bond motifs is 1. The average Bonchev–Trinajstić information content (AvgIpc) is 2.56. The topological polar surface area (TPSA) is 57.0 Å². The van der Waals surface area contributed by atoms with Crippen molar-refractivity contribution in [2.75, 3.05) is 7.11 Å². The van der Waals surface area contributed by atoms with Gasteiger partial charge in [-0.15, -0.1) is 0 Å². The van der Waals surface area contributed by atoms with Gasteiger partial charge in [-0.05, 0) is 0 Å². The number of hydrogen-bond acceptors (Lipinski definition) is 4. The van der Waals surface area contributed by atoms with E-state index >= 15 is 0 Å². The molecule has 0 saturated carbocycles.